The first-order chi connectivity index (χ1) is 19.6. The van der Waals surface area contributed by atoms with Gasteiger partial charge in [-0.15, -0.1) is 23.2 Å². The van der Waals surface area contributed by atoms with E-state index in [9.17, 15) is 0 Å². The first-order valence-corrected chi connectivity index (χ1v) is 14.2. The minimum atomic E-state index is -0.833. The molecular formula is C38H28Cl2. The number of rotatable bonds is 7. The Morgan fingerprint density at radius 3 is 0.800 bits per heavy atom. The fourth-order valence-electron chi connectivity index (χ4n) is 5.50. The molecule has 0 aromatic heterocycles. The molecule has 0 fully saturated rings. The summed E-state index contributed by atoms with van der Waals surface area (Å²) in [5.41, 5.74) is 8.30. The zero-order valence-electron chi connectivity index (χ0n) is 21.9. The molecule has 0 N–H and O–H groups in total. The van der Waals surface area contributed by atoms with Gasteiger partial charge in [-0.1, -0.05) is 158 Å². The molecule has 6 rings (SSSR count). The lowest BCUT2D eigenvalue weighted by atomic mass is 9.82. The Kier molecular flexibility index (Phi) is 7.30. The molecular weight excluding hydrogens is 527 g/mol. The molecule has 0 aliphatic heterocycles. The van der Waals surface area contributed by atoms with Crippen LogP contribution in [0, 0.1) is 0 Å². The summed E-state index contributed by atoms with van der Waals surface area (Å²) in [5, 5.41) is 0. The van der Waals surface area contributed by atoms with Crippen LogP contribution in [0.3, 0.4) is 0 Å². The predicted octanol–water partition coefficient (Wildman–Crippen LogP) is 10.4. The maximum atomic E-state index is 7.62. The van der Waals surface area contributed by atoms with Crippen LogP contribution in [0.15, 0.2) is 170 Å². The van der Waals surface area contributed by atoms with E-state index >= 15 is 0 Å². The average molecular weight is 556 g/mol. The third-order valence-corrected chi connectivity index (χ3v) is 8.85. The SMILES string of the molecule is ClC(c1ccccc1)(c1ccccc1)c1cccc(-c2cccc(C(Cl)(c3ccccc3)c3ccccc3)c2)c1. The number of alkyl halides is 2. The maximum Gasteiger partial charge on any atom is 0.119 e. The van der Waals surface area contributed by atoms with Gasteiger partial charge in [0.05, 0.1) is 0 Å². The fraction of sp³-hybridized carbons (Fsp3) is 0.0526. The van der Waals surface area contributed by atoms with Crippen molar-refractivity contribution in [3.63, 3.8) is 0 Å². The molecule has 0 bridgehead atoms. The summed E-state index contributed by atoms with van der Waals surface area (Å²) in [5.74, 6) is 0. The predicted molar refractivity (Wildman–Crippen MR) is 169 cm³/mol. The van der Waals surface area contributed by atoms with Crippen LogP contribution < -0.4 is 0 Å². The first kappa shape index (κ1) is 26.1. The molecule has 0 atom stereocenters. The van der Waals surface area contributed by atoms with Gasteiger partial charge >= 0.3 is 0 Å². The van der Waals surface area contributed by atoms with E-state index in [1.807, 2.05) is 72.8 Å². The maximum absolute atomic E-state index is 7.62. The van der Waals surface area contributed by atoms with Gasteiger partial charge in [-0.25, -0.2) is 0 Å². The topological polar surface area (TPSA) is 0 Å². The van der Waals surface area contributed by atoms with Crippen molar-refractivity contribution in [3.05, 3.63) is 203 Å². The Morgan fingerprint density at radius 2 is 0.525 bits per heavy atom. The highest BCUT2D eigenvalue weighted by Gasteiger charge is 2.35. The Labute approximate surface area is 246 Å². The smallest absolute Gasteiger partial charge is 0.104 e. The van der Waals surface area contributed by atoms with E-state index in [-0.39, 0.29) is 0 Å². The van der Waals surface area contributed by atoms with Crippen LogP contribution in [0.2, 0.25) is 0 Å². The summed E-state index contributed by atoms with van der Waals surface area (Å²) in [6.07, 6.45) is 0. The molecule has 0 amide bonds. The van der Waals surface area contributed by atoms with Crippen LogP contribution >= 0.6 is 23.2 Å². The Balaban J connectivity index is 1.49. The van der Waals surface area contributed by atoms with Crippen molar-refractivity contribution in [2.75, 3.05) is 0 Å². The van der Waals surface area contributed by atoms with E-state index < -0.39 is 9.75 Å². The van der Waals surface area contributed by atoms with Gasteiger partial charge in [-0.2, -0.15) is 0 Å². The van der Waals surface area contributed by atoms with Crippen molar-refractivity contribution >= 4 is 23.2 Å². The monoisotopic (exact) mass is 554 g/mol. The Bertz CT molecular complexity index is 1490. The zero-order chi connectivity index (χ0) is 27.4. The molecule has 0 aliphatic carbocycles. The zero-order valence-corrected chi connectivity index (χ0v) is 23.4. The van der Waals surface area contributed by atoms with E-state index in [2.05, 4.69) is 97.1 Å². The van der Waals surface area contributed by atoms with Crippen LogP contribution in [0.1, 0.15) is 33.4 Å². The van der Waals surface area contributed by atoms with Gasteiger partial charge in [0, 0.05) is 0 Å². The lowest BCUT2D eigenvalue weighted by Crippen LogP contribution is -2.22. The second-order valence-corrected chi connectivity index (χ2v) is 11.1. The van der Waals surface area contributed by atoms with Crippen LogP contribution in [0.4, 0.5) is 0 Å². The van der Waals surface area contributed by atoms with Crippen LogP contribution in [-0.2, 0) is 9.75 Å². The summed E-state index contributed by atoms with van der Waals surface area (Å²) < 4.78 is 0. The second kappa shape index (κ2) is 11.2. The van der Waals surface area contributed by atoms with Gasteiger partial charge in [0.15, 0.2) is 0 Å². The number of benzene rings is 6. The lowest BCUT2D eigenvalue weighted by Gasteiger charge is -2.30. The Morgan fingerprint density at radius 1 is 0.275 bits per heavy atom. The van der Waals surface area contributed by atoms with E-state index in [1.54, 1.807) is 0 Å². The highest BCUT2D eigenvalue weighted by Crippen LogP contribution is 2.46. The molecule has 194 valence electrons. The molecule has 6 aromatic carbocycles. The standard InChI is InChI=1S/C38H28Cl2/c39-37(31-17-5-1-6-18-31,32-19-7-2-8-20-32)35-25-13-15-29(27-35)30-16-14-26-36(28-30)38(40,33-21-9-3-10-22-33)34-23-11-4-12-24-34/h1-28H. The van der Waals surface area contributed by atoms with Crippen molar-refractivity contribution in [2.24, 2.45) is 0 Å². The van der Waals surface area contributed by atoms with Gasteiger partial charge in [0.25, 0.3) is 0 Å². The minimum Gasteiger partial charge on any atom is -0.104 e. The van der Waals surface area contributed by atoms with Crippen molar-refractivity contribution in [3.8, 4) is 11.1 Å². The summed E-state index contributed by atoms with van der Waals surface area (Å²) in [6.45, 7) is 0. The van der Waals surface area contributed by atoms with E-state index in [0.717, 1.165) is 44.5 Å². The minimum absolute atomic E-state index is 0.833. The average Bonchev–Trinajstić information content (AvgIpc) is 3.06. The summed E-state index contributed by atoms with van der Waals surface area (Å²) in [6, 6.07) is 58.2. The molecule has 6 aromatic rings. The van der Waals surface area contributed by atoms with Crippen molar-refractivity contribution in [1.29, 1.82) is 0 Å². The third kappa shape index (κ3) is 4.75. The fourth-order valence-corrected chi connectivity index (χ4v) is 6.24. The lowest BCUT2D eigenvalue weighted by molar-refractivity contribution is 0.878. The normalized spacial score (nSPS) is 11.8. The summed E-state index contributed by atoms with van der Waals surface area (Å²) >= 11 is 15.2. The highest BCUT2D eigenvalue weighted by atomic mass is 35.5. The van der Waals surface area contributed by atoms with Crippen molar-refractivity contribution < 1.29 is 0 Å². The highest BCUT2D eigenvalue weighted by molar-refractivity contribution is 6.28. The molecule has 0 aliphatic rings. The van der Waals surface area contributed by atoms with Crippen molar-refractivity contribution in [2.45, 2.75) is 9.75 Å². The molecule has 0 saturated heterocycles. The van der Waals surface area contributed by atoms with Gasteiger partial charge < -0.3 is 0 Å². The van der Waals surface area contributed by atoms with Crippen LogP contribution in [0.5, 0.6) is 0 Å². The number of hydrogen-bond donors (Lipinski definition) is 0. The van der Waals surface area contributed by atoms with Crippen LogP contribution in [0.25, 0.3) is 11.1 Å². The molecule has 0 nitrogen and oxygen atoms in total. The summed E-state index contributed by atoms with van der Waals surface area (Å²) in [4.78, 5) is -1.67. The third-order valence-electron chi connectivity index (χ3n) is 7.54. The van der Waals surface area contributed by atoms with Gasteiger partial charge in [0.1, 0.15) is 9.75 Å². The largest absolute Gasteiger partial charge is 0.119 e. The number of hydrogen-bond acceptors (Lipinski definition) is 0. The van der Waals surface area contributed by atoms with Gasteiger partial charge in [-0.3, -0.25) is 0 Å². The first-order valence-electron chi connectivity index (χ1n) is 13.4. The summed E-state index contributed by atoms with van der Waals surface area (Å²) in [7, 11) is 0. The van der Waals surface area contributed by atoms with Gasteiger partial charge in [0.2, 0.25) is 0 Å². The van der Waals surface area contributed by atoms with Gasteiger partial charge in [-0.05, 0) is 56.6 Å². The molecule has 0 heterocycles. The molecule has 0 spiro atoms. The van der Waals surface area contributed by atoms with E-state index in [0.29, 0.717) is 0 Å². The number of halogens is 2. The second-order valence-electron chi connectivity index (χ2n) is 9.94. The van der Waals surface area contributed by atoms with E-state index in [1.165, 1.54) is 0 Å². The molecule has 0 saturated carbocycles. The molecule has 0 unspecified atom stereocenters. The van der Waals surface area contributed by atoms with Crippen LogP contribution in [-0.4, -0.2) is 0 Å². The van der Waals surface area contributed by atoms with Crippen molar-refractivity contribution in [1.82, 2.24) is 0 Å². The van der Waals surface area contributed by atoms with E-state index in [4.69, 9.17) is 23.2 Å². The molecule has 40 heavy (non-hydrogen) atoms. The Hall–Kier alpha value is -4.10. The molecule has 0 radical (unpaired) electrons. The quantitative estimate of drug-likeness (QED) is 0.136. The molecule has 2 heteroatoms.